The molecule has 0 unspecified atom stereocenters. The van der Waals surface area contributed by atoms with Crippen molar-refractivity contribution in [1.82, 2.24) is 24.2 Å². The van der Waals surface area contributed by atoms with Crippen molar-refractivity contribution in [3.63, 3.8) is 0 Å². The van der Waals surface area contributed by atoms with Crippen LogP contribution in [0, 0.1) is 0 Å². The van der Waals surface area contributed by atoms with Gasteiger partial charge < -0.3 is 14.4 Å². The lowest BCUT2D eigenvalue weighted by molar-refractivity contribution is 0.0566. The van der Waals surface area contributed by atoms with Gasteiger partial charge in [0, 0.05) is 47.3 Å². The number of hydrogen-bond acceptors (Lipinski definition) is 6. The van der Waals surface area contributed by atoms with Crippen LogP contribution < -0.4 is 10.3 Å². The van der Waals surface area contributed by atoms with Gasteiger partial charge in [0.15, 0.2) is 0 Å². The van der Waals surface area contributed by atoms with E-state index < -0.39 is 6.55 Å². The van der Waals surface area contributed by atoms with Crippen LogP contribution in [0.25, 0.3) is 33.4 Å². The van der Waals surface area contributed by atoms with E-state index in [1.54, 1.807) is 33.7 Å². The highest BCUT2D eigenvalue weighted by atomic mass is 35.5. The summed E-state index contributed by atoms with van der Waals surface area (Å²) in [5.41, 5.74) is 2.58. The number of alkyl halides is 2. The lowest BCUT2D eigenvalue weighted by atomic mass is 10.00. The summed E-state index contributed by atoms with van der Waals surface area (Å²) in [6.45, 7) is -1.82. The molecule has 2 fully saturated rings. The maximum atomic E-state index is 14.2. The molecule has 5 aromatic rings. The summed E-state index contributed by atoms with van der Waals surface area (Å²) in [6, 6.07) is 19.8. The molecule has 0 saturated carbocycles. The molecule has 0 radical (unpaired) electrons. The first-order valence-electron chi connectivity index (χ1n) is 14.2. The molecule has 0 aliphatic carbocycles. The van der Waals surface area contributed by atoms with Gasteiger partial charge in [0.2, 0.25) is 0 Å². The van der Waals surface area contributed by atoms with E-state index in [2.05, 4.69) is 5.10 Å². The van der Waals surface area contributed by atoms with Gasteiger partial charge in [-0.2, -0.15) is 13.9 Å². The standard InChI is InChI=1S/C32H26ClF2N5O4/c33-22-8-6-19(7-9-22)16-39-29(20-4-2-1-3-5-20)37-27-13-25(21-15-36-40(17-21)31(34)35)28(14-26(27)30(39)41)44-24-10-11-38-23(12-24)18-43-32(38)42/h1-9,13-15,17,23-24,31H,10-12,16,18H2/t23-,24-/m0/s1. The van der Waals surface area contributed by atoms with Crippen LogP contribution >= 0.6 is 11.6 Å². The summed E-state index contributed by atoms with van der Waals surface area (Å²) in [7, 11) is 0. The molecule has 3 aromatic carbocycles. The number of rotatable bonds is 7. The van der Waals surface area contributed by atoms with Crippen molar-refractivity contribution in [2.75, 3.05) is 13.2 Å². The Hall–Kier alpha value is -4.77. The molecule has 2 aromatic heterocycles. The van der Waals surface area contributed by atoms with E-state index in [0.717, 1.165) is 11.1 Å². The summed E-state index contributed by atoms with van der Waals surface area (Å²) in [6.07, 6.45) is 3.04. The van der Waals surface area contributed by atoms with Gasteiger partial charge in [-0.3, -0.25) is 9.36 Å². The van der Waals surface area contributed by atoms with E-state index in [9.17, 15) is 18.4 Å². The number of hydrogen-bond donors (Lipinski definition) is 0. The quantitative estimate of drug-likeness (QED) is 0.210. The second-order valence-electron chi connectivity index (χ2n) is 10.9. The number of halogens is 3. The summed E-state index contributed by atoms with van der Waals surface area (Å²) in [5.74, 6) is 0.804. The molecule has 224 valence electrons. The predicted octanol–water partition coefficient (Wildman–Crippen LogP) is 6.39. The fourth-order valence-corrected chi connectivity index (χ4v) is 5.96. The number of piperidine rings is 1. The van der Waals surface area contributed by atoms with Crippen LogP contribution in [0.15, 0.2) is 83.9 Å². The van der Waals surface area contributed by atoms with Crippen molar-refractivity contribution in [2.24, 2.45) is 0 Å². The van der Waals surface area contributed by atoms with Crippen LogP contribution in [0.5, 0.6) is 5.75 Å². The van der Waals surface area contributed by atoms with Crippen molar-refractivity contribution >= 4 is 28.6 Å². The van der Waals surface area contributed by atoms with Crippen molar-refractivity contribution in [2.45, 2.75) is 38.1 Å². The second kappa shape index (κ2) is 11.4. The average molecular weight is 618 g/mol. The van der Waals surface area contributed by atoms with Gasteiger partial charge in [0.05, 0.1) is 29.7 Å². The van der Waals surface area contributed by atoms with E-state index >= 15 is 0 Å². The number of aromatic nitrogens is 4. The molecule has 2 atom stereocenters. The molecule has 2 saturated heterocycles. The summed E-state index contributed by atoms with van der Waals surface area (Å²) < 4.78 is 40.8. The monoisotopic (exact) mass is 617 g/mol. The van der Waals surface area contributed by atoms with Crippen LogP contribution in [0.1, 0.15) is 25.0 Å². The van der Waals surface area contributed by atoms with Gasteiger partial charge >= 0.3 is 12.6 Å². The Morgan fingerprint density at radius 2 is 1.84 bits per heavy atom. The summed E-state index contributed by atoms with van der Waals surface area (Å²) in [5, 5.41) is 4.72. The number of fused-ring (bicyclic) bond motifs is 2. The van der Waals surface area contributed by atoms with Crippen LogP contribution in [0.3, 0.4) is 0 Å². The number of ether oxygens (including phenoxy) is 2. The molecule has 9 nitrogen and oxygen atoms in total. The molecule has 12 heteroatoms. The average Bonchev–Trinajstić information content (AvgIpc) is 3.67. The maximum Gasteiger partial charge on any atom is 0.410 e. The predicted molar refractivity (Wildman–Crippen MR) is 160 cm³/mol. The number of cyclic esters (lactones) is 1. The molecular weight excluding hydrogens is 592 g/mol. The first-order chi connectivity index (χ1) is 21.3. The molecule has 0 N–H and O–H groups in total. The minimum atomic E-state index is -2.82. The minimum absolute atomic E-state index is 0.113. The zero-order chi connectivity index (χ0) is 30.4. The zero-order valence-corrected chi connectivity index (χ0v) is 24.0. The molecule has 1 amide bonds. The molecular formula is C32H26ClF2N5O4. The minimum Gasteiger partial charge on any atom is -0.490 e. The highest BCUT2D eigenvalue weighted by molar-refractivity contribution is 6.30. The number of amides is 1. The Balaban J connectivity index is 1.37. The Bertz CT molecular complexity index is 1910. The lowest BCUT2D eigenvalue weighted by Gasteiger charge is -2.33. The lowest BCUT2D eigenvalue weighted by Crippen LogP contribution is -2.44. The molecule has 0 bridgehead atoms. The van der Waals surface area contributed by atoms with Gasteiger partial charge in [0.25, 0.3) is 5.56 Å². The summed E-state index contributed by atoms with van der Waals surface area (Å²) in [4.78, 5) is 32.9. The first-order valence-corrected chi connectivity index (χ1v) is 14.5. The Labute approximate surface area is 255 Å². The Morgan fingerprint density at radius 1 is 1.05 bits per heavy atom. The van der Waals surface area contributed by atoms with Crippen LogP contribution in [0.4, 0.5) is 13.6 Å². The number of nitrogens with zero attached hydrogens (tertiary/aromatic N) is 5. The second-order valence-corrected chi connectivity index (χ2v) is 11.3. The molecule has 4 heterocycles. The largest absolute Gasteiger partial charge is 0.490 e. The van der Waals surface area contributed by atoms with Crippen molar-refractivity contribution in [3.05, 3.63) is 100 Å². The normalized spacial score (nSPS) is 18.1. The van der Waals surface area contributed by atoms with Crippen molar-refractivity contribution < 1.29 is 23.0 Å². The van der Waals surface area contributed by atoms with E-state index in [1.807, 2.05) is 42.5 Å². The third kappa shape index (κ3) is 5.28. The molecule has 0 spiro atoms. The number of benzene rings is 3. The van der Waals surface area contributed by atoms with Crippen molar-refractivity contribution in [3.8, 4) is 28.3 Å². The molecule has 44 heavy (non-hydrogen) atoms. The van der Waals surface area contributed by atoms with Crippen LogP contribution in [0.2, 0.25) is 5.02 Å². The highest BCUT2D eigenvalue weighted by Gasteiger charge is 2.39. The Morgan fingerprint density at radius 3 is 2.59 bits per heavy atom. The third-order valence-corrected chi connectivity index (χ3v) is 8.30. The number of carbonyl (C=O) groups excluding carboxylic acids is 1. The molecule has 2 aliphatic rings. The van der Waals surface area contributed by atoms with E-state index in [0.29, 0.717) is 62.7 Å². The van der Waals surface area contributed by atoms with Crippen molar-refractivity contribution in [1.29, 1.82) is 0 Å². The van der Waals surface area contributed by atoms with Gasteiger partial charge in [-0.05, 0) is 29.8 Å². The fourth-order valence-electron chi connectivity index (χ4n) is 5.83. The van der Waals surface area contributed by atoms with Gasteiger partial charge in [-0.1, -0.05) is 54.1 Å². The van der Waals surface area contributed by atoms with E-state index in [-0.39, 0.29) is 36.9 Å². The van der Waals surface area contributed by atoms with Gasteiger partial charge in [-0.15, -0.1) is 0 Å². The smallest absolute Gasteiger partial charge is 0.410 e. The van der Waals surface area contributed by atoms with Gasteiger partial charge in [0.1, 0.15) is 24.3 Å². The number of carbonyl (C=O) groups is 1. The van der Waals surface area contributed by atoms with E-state index in [1.165, 1.54) is 12.4 Å². The van der Waals surface area contributed by atoms with Crippen LogP contribution in [-0.4, -0.2) is 55.6 Å². The first kappa shape index (κ1) is 28.0. The summed E-state index contributed by atoms with van der Waals surface area (Å²) >= 11 is 6.10. The third-order valence-electron chi connectivity index (χ3n) is 8.05. The Kier molecular flexibility index (Phi) is 7.25. The van der Waals surface area contributed by atoms with E-state index in [4.69, 9.17) is 26.1 Å². The van der Waals surface area contributed by atoms with Gasteiger partial charge in [-0.25, -0.2) is 14.5 Å². The molecule has 2 aliphatic heterocycles. The maximum absolute atomic E-state index is 14.2. The highest BCUT2D eigenvalue weighted by Crippen LogP contribution is 2.37. The fraction of sp³-hybridized carbons (Fsp3) is 0.250. The zero-order valence-electron chi connectivity index (χ0n) is 23.3. The topological polar surface area (TPSA) is 91.5 Å². The van der Waals surface area contributed by atoms with Crippen LogP contribution in [-0.2, 0) is 11.3 Å². The molecule has 7 rings (SSSR count). The SMILES string of the molecule is O=C1OC[C@@H]2C[C@@H](Oc3cc4c(=O)n(Cc5ccc(Cl)cc5)c(-c5ccccc5)nc4cc3-c3cnn(C(F)F)c3)CCN12.